The molecule has 0 aromatic heterocycles. The van der Waals surface area contributed by atoms with Gasteiger partial charge >= 0.3 is 11.9 Å². The van der Waals surface area contributed by atoms with Gasteiger partial charge in [-0.05, 0) is 18.2 Å². The number of aromatic carboxylic acids is 2. The normalized spacial score (nSPS) is 8.00. The van der Waals surface area contributed by atoms with Crippen molar-refractivity contribution < 1.29 is 19.8 Å². The molecule has 0 heterocycles. The van der Waals surface area contributed by atoms with Gasteiger partial charge in [-0.1, -0.05) is 6.07 Å². The average Bonchev–Trinajstić information content (AvgIpc) is 2.04. The summed E-state index contributed by atoms with van der Waals surface area (Å²) in [7, 11) is 0. The monoisotopic (exact) mass is 326 g/mol. The van der Waals surface area contributed by atoms with Gasteiger partial charge in [0, 0.05) is 0 Å². The molecule has 1 aromatic rings. The molecule has 0 saturated carbocycles. The molecule has 0 amide bonds. The molecule has 0 fully saturated rings. The molecule has 0 unspecified atom stereocenters. The van der Waals surface area contributed by atoms with Crippen LogP contribution in [0.2, 0.25) is 0 Å². The molecular weight excluding hydrogens is 320 g/mol. The third kappa shape index (κ3) is 3.89. The van der Waals surface area contributed by atoms with E-state index in [4.69, 9.17) is 10.2 Å². The summed E-state index contributed by atoms with van der Waals surface area (Å²) in [6.45, 7) is 0. The predicted molar refractivity (Wildman–Crippen MR) is 61.0 cm³/mol. The first-order valence-corrected chi connectivity index (χ1v) is 3.18. The number of carbonyl (C=O) groups is 2. The van der Waals surface area contributed by atoms with E-state index >= 15 is 0 Å². The van der Waals surface area contributed by atoms with Gasteiger partial charge in [0.15, 0.2) is 0 Å². The van der Waals surface area contributed by atoms with Gasteiger partial charge in [-0.25, -0.2) is 9.59 Å². The maximum Gasteiger partial charge on any atom is 0.335 e. The van der Waals surface area contributed by atoms with E-state index < -0.39 is 11.9 Å². The molecule has 0 radical (unpaired) electrons. The summed E-state index contributed by atoms with van der Waals surface area (Å²) < 4.78 is 0. The minimum absolute atomic E-state index is 0. The maximum atomic E-state index is 10.4. The molecule has 0 saturated heterocycles. The number of hydrogen-bond acceptors (Lipinski definition) is 2. The third-order valence-corrected chi connectivity index (χ3v) is 1.36. The maximum absolute atomic E-state index is 10.4. The number of carboxylic acids is 2. The summed E-state index contributed by atoms with van der Waals surface area (Å²) in [6, 6.07) is 5.20. The first kappa shape index (κ1) is 15.6. The molecule has 4 nitrogen and oxygen atoms in total. The Morgan fingerprint density at radius 2 is 1.29 bits per heavy atom. The van der Waals surface area contributed by atoms with E-state index in [9.17, 15) is 9.59 Å². The fraction of sp³-hybridized carbons (Fsp3) is 0. The van der Waals surface area contributed by atoms with Crippen LogP contribution in [-0.2, 0) is 0 Å². The highest BCUT2D eigenvalue weighted by Gasteiger charge is 2.06. The van der Waals surface area contributed by atoms with E-state index in [2.05, 4.69) is 0 Å². The Morgan fingerprint density at radius 3 is 1.57 bits per heavy atom. The van der Waals surface area contributed by atoms with Crippen molar-refractivity contribution in [2.75, 3.05) is 0 Å². The number of rotatable bonds is 2. The van der Waals surface area contributed by atoms with Gasteiger partial charge in [-0.2, -0.15) is 0 Å². The molecule has 0 aliphatic carbocycles. The van der Waals surface area contributed by atoms with E-state index in [-0.39, 0.29) is 45.1 Å². The summed E-state index contributed by atoms with van der Waals surface area (Å²) >= 11 is 0. The first-order chi connectivity index (χ1) is 5.61. The van der Waals surface area contributed by atoms with Crippen LogP contribution in [0.15, 0.2) is 24.3 Å². The van der Waals surface area contributed by atoms with Crippen molar-refractivity contribution in [2.45, 2.75) is 0 Å². The third-order valence-electron chi connectivity index (χ3n) is 1.36. The lowest BCUT2D eigenvalue weighted by molar-refractivity contribution is 0.0696. The molecule has 0 atom stereocenters. The summed E-state index contributed by atoms with van der Waals surface area (Å²) in [6.07, 6.45) is 0. The van der Waals surface area contributed by atoms with Crippen molar-refractivity contribution in [3.05, 3.63) is 35.4 Å². The van der Waals surface area contributed by atoms with Crippen LogP contribution in [0.4, 0.5) is 0 Å². The van der Waals surface area contributed by atoms with Crippen molar-refractivity contribution in [1.29, 1.82) is 0 Å². The lowest BCUT2D eigenvalue weighted by atomic mass is 10.1. The van der Waals surface area contributed by atoms with E-state index in [0.717, 1.165) is 6.07 Å². The van der Waals surface area contributed by atoms with E-state index in [1.54, 1.807) is 0 Å². The SMILES string of the molecule is Br.Br.O=C(O)c1cccc(C(=O)O)c1. The van der Waals surface area contributed by atoms with Crippen LogP contribution in [0, 0.1) is 0 Å². The highest BCUT2D eigenvalue weighted by atomic mass is 79.9. The van der Waals surface area contributed by atoms with Gasteiger partial charge in [-0.15, -0.1) is 34.0 Å². The number of halogens is 2. The zero-order valence-corrected chi connectivity index (χ0v) is 10.3. The molecule has 0 spiro atoms. The van der Waals surface area contributed by atoms with Crippen LogP contribution >= 0.6 is 34.0 Å². The van der Waals surface area contributed by atoms with E-state index in [1.165, 1.54) is 18.2 Å². The van der Waals surface area contributed by atoms with Crippen molar-refractivity contribution in [2.24, 2.45) is 0 Å². The molecule has 0 aliphatic heterocycles. The van der Waals surface area contributed by atoms with Crippen molar-refractivity contribution in [3.63, 3.8) is 0 Å². The number of benzene rings is 1. The van der Waals surface area contributed by atoms with E-state index in [0.29, 0.717) is 0 Å². The Hall–Kier alpha value is -0.880. The van der Waals surface area contributed by atoms with Crippen LogP contribution in [0.25, 0.3) is 0 Å². The molecule has 0 bridgehead atoms. The van der Waals surface area contributed by atoms with Gasteiger partial charge < -0.3 is 10.2 Å². The molecule has 6 heteroatoms. The largest absolute Gasteiger partial charge is 0.478 e. The molecule has 78 valence electrons. The zero-order valence-electron chi connectivity index (χ0n) is 6.84. The second-order valence-electron chi connectivity index (χ2n) is 2.19. The molecule has 0 aliphatic rings. The Labute approximate surface area is 101 Å². The van der Waals surface area contributed by atoms with Crippen molar-refractivity contribution >= 4 is 45.9 Å². The summed E-state index contributed by atoms with van der Waals surface area (Å²) in [4.78, 5) is 20.8. The second kappa shape index (κ2) is 6.56. The van der Waals surface area contributed by atoms with Crippen molar-refractivity contribution in [3.8, 4) is 0 Å². The van der Waals surface area contributed by atoms with Gasteiger partial charge in [0.1, 0.15) is 0 Å². The van der Waals surface area contributed by atoms with Crippen LogP contribution in [0.5, 0.6) is 0 Å². The smallest absolute Gasteiger partial charge is 0.335 e. The van der Waals surface area contributed by atoms with Gasteiger partial charge in [0.05, 0.1) is 11.1 Å². The van der Waals surface area contributed by atoms with Crippen LogP contribution < -0.4 is 0 Å². The lowest BCUT2D eigenvalue weighted by Crippen LogP contribution is -2.01. The lowest BCUT2D eigenvalue weighted by Gasteiger charge is -1.95. The summed E-state index contributed by atoms with van der Waals surface area (Å²) in [5, 5.41) is 17.0. The van der Waals surface area contributed by atoms with Gasteiger partial charge in [0.25, 0.3) is 0 Å². The van der Waals surface area contributed by atoms with Crippen molar-refractivity contribution in [1.82, 2.24) is 0 Å². The molecular formula is C8H8Br2O4. The van der Waals surface area contributed by atoms with Gasteiger partial charge in [0.2, 0.25) is 0 Å². The zero-order chi connectivity index (χ0) is 9.14. The highest BCUT2D eigenvalue weighted by molar-refractivity contribution is 8.93. The quantitative estimate of drug-likeness (QED) is 0.873. The predicted octanol–water partition coefficient (Wildman–Crippen LogP) is 2.24. The Bertz CT molecular complexity index is 309. The first-order valence-electron chi connectivity index (χ1n) is 3.18. The Morgan fingerprint density at radius 1 is 0.929 bits per heavy atom. The second-order valence-corrected chi connectivity index (χ2v) is 2.19. The minimum Gasteiger partial charge on any atom is -0.478 e. The summed E-state index contributed by atoms with van der Waals surface area (Å²) in [5.41, 5.74) is -0.0372. The van der Waals surface area contributed by atoms with E-state index in [1.807, 2.05) is 0 Å². The topological polar surface area (TPSA) is 74.6 Å². The fourth-order valence-corrected chi connectivity index (χ4v) is 0.785. The summed E-state index contributed by atoms with van der Waals surface area (Å²) in [5.74, 6) is -2.25. The highest BCUT2D eigenvalue weighted by Crippen LogP contribution is 2.04. The minimum atomic E-state index is -1.13. The molecule has 14 heavy (non-hydrogen) atoms. The Balaban J connectivity index is 0. The Kier molecular flexibility index (Phi) is 7.30. The molecule has 1 aromatic carbocycles. The number of hydrogen-bond donors (Lipinski definition) is 2. The van der Waals surface area contributed by atoms with Crippen LogP contribution in [0.1, 0.15) is 20.7 Å². The van der Waals surface area contributed by atoms with Crippen LogP contribution in [-0.4, -0.2) is 22.2 Å². The standard InChI is InChI=1S/C8H6O4.2BrH/c9-7(10)5-2-1-3-6(4-5)8(11)12;;/h1-4H,(H,9,10)(H,11,12);2*1H. The number of carboxylic acid groups (broad SMARTS) is 2. The fourth-order valence-electron chi connectivity index (χ4n) is 0.785. The van der Waals surface area contributed by atoms with Gasteiger partial charge in [-0.3, -0.25) is 0 Å². The molecule has 2 N–H and O–H groups in total. The average molecular weight is 328 g/mol. The molecule has 1 rings (SSSR count). The van der Waals surface area contributed by atoms with Crippen LogP contribution in [0.3, 0.4) is 0 Å².